The number of aliphatic hydroxyl groups is 1. The van der Waals surface area contributed by atoms with Gasteiger partial charge < -0.3 is 5.11 Å². The van der Waals surface area contributed by atoms with E-state index in [1.807, 2.05) is 0 Å². The number of rotatable bonds is 5. The number of carbonyl (C=O) groups is 1. The highest BCUT2D eigenvalue weighted by Crippen LogP contribution is 2.05. The Balaban J connectivity index is 2.82. The Labute approximate surface area is 99.2 Å². The minimum atomic E-state index is -4.57. The number of hydrogen-bond acceptors (Lipinski definition) is 4. The fourth-order valence-corrected chi connectivity index (χ4v) is 1.74. The van der Waals surface area contributed by atoms with E-state index in [0.717, 1.165) is 6.08 Å². The van der Waals surface area contributed by atoms with Crippen LogP contribution in [0.5, 0.6) is 0 Å². The maximum absolute atomic E-state index is 11.4. The van der Waals surface area contributed by atoms with Crippen molar-refractivity contribution in [2.75, 3.05) is 6.61 Å². The second-order valence-electron chi connectivity index (χ2n) is 3.33. The molecule has 0 heterocycles. The van der Waals surface area contributed by atoms with E-state index in [4.69, 9.17) is 9.66 Å². The fourth-order valence-electron chi connectivity index (χ4n) is 1.18. The summed E-state index contributed by atoms with van der Waals surface area (Å²) in [6, 6.07) is 8.77. The molecular weight excluding hydrogens is 244 g/mol. The molecular formula is C11H12O5S. The third-order valence-corrected chi connectivity index (χ3v) is 3.18. The quantitative estimate of drug-likeness (QED) is 0.592. The molecule has 1 aromatic rings. The molecule has 0 aromatic heterocycles. The van der Waals surface area contributed by atoms with Crippen LogP contribution in [0.4, 0.5) is 0 Å². The molecule has 0 fully saturated rings. The smallest absolute Gasteiger partial charge is 0.277 e. The van der Waals surface area contributed by atoms with Crippen molar-refractivity contribution in [1.29, 1.82) is 0 Å². The zero-order valence-electron chi connectivity index (χ0n) is 8.85. The highest BCUT2D eigenvalue weighted by Gasteiger charge is 2.28. The highest BCUT2D eigenvalue weighted by molar-refractivity contribution is 7.87. The second-order valence-corrected chi connectivity index (χ2v) is 4.93. The number of ketones is 1. The normalized spacial score (nSPS) is 13.8. The molecule has 6 heteroatoms. The molecule has 1 aromatic carbocycles. The van der Waals surface area contributed by atoms with Gasteiger partial charge in [-0.2, -0.15) is 8.42 Å². The first-order chi connectivity index (χ1) is 7.95. The summed E-state index contributed by atoms with van der Waals surface area (Å²) in [7, 11) is -4.57. The molecule has 5 nitrogen and oxygen atoms in total. The summed E-state index contributed by atoms with van der Waals surface area (Å²) in [5.41, 5.74) is 0.716. The number of aliphatic hydroxyl groups excluding tert-OH is 1. The molecule has 0 amide bonds. The van der Waals surface area contributed by atoms with Gasteiger partial charge in [-0.05, 0) is 11.6 Å². The lowest BCUT2D eigenvalue weighted by molar-refractivity contribution is -0.114. The van der Waals surface area contributed by atoms with Crippen LogP contribution < -0.4 is 0 Å². The molecule has 0 bridgehead atoms. The molecule has 0 aliphatic carbocycles. The molecule has 17 heavy (non-hydrogen) atoms. The van der Waals surface area contributed by atoms with E-state index in [0.29, 0.717) is 5.56 Å². The largest absolute Gasteiger partial charge is 0.394 e. The third kappa shape index (κ3) is 4.10. The Morgan fingerprint density at radius 1 is 1.29 bits per heavy atom. The van der Waals surface area contributed by atoms with Crippen LogP contribution >= 0.6 is 0 Å². The van der Waals surface area contributed by atoms with Gasteiger partial charge in [-0.3, -0.25) is 9.35 Å². The van der Waals surface area contributed by atoms with Crippen LogP contribution in [0, 0.1) is 0 Å². The van der Waals surface area contributed by atoms with E-state index in [1.54, 1.807) is 30.3 Å². The van der Waals surface area contributed by atoms with E-state index in [1.165, 1.54) is 6.08 Å². The van der Waals surface area contributed by atoms with E-state index in [2.05, 4.69) is 0 Å². The predicted molar refractivity (Wildman–Crippen MR) is 62.9 cm³/mol. The number of hydrogen-bond donors (Lipinski definition) is 2. The summed E-state index contributed by atoms with van der Waals surface area (Å²) in [6.07, 6.45) is 2.43. The molecule has 2 N–H and O–H groups in total. The summed E-state index contributed by atoms with van der Waals surface area (Å²) in [4.78, 5) is 11.4. The fraction of sp³-hybridized carbons (Fsp3) is 0.182. The Hall–Kier alpha value is -1.50. The summed E-state index contributed by atoms with van der Waals surface area (Å²) in [6.45, 7) is -0.948. The topological polar surface area (TPSA) is 91.7 Å². The summed E-state index contributed by atoms with van der Waals surface area (Å²) >= 11 is 0. The van der Waals surface area contributed by atoms with Crippen LogP contribution in [-0.4, -0.2) is 35.7 Å². The van der Waals surface area contributed by atoms with Gasteiger partial charge in [0, 0.05) is 0 Å². The molecule has 0 saturated heterocycles. The zero-order valence-corrected chi connectivity index (χ0v) is 9.67. The molecule has 0 aliphatic rings. The monoisotopic (exact) mass is 256 g/mol. The van der Waals surface area contributed by atoms with E-state index in [9.17, 15) is 13.2 Å². The van der Waals surface area contributed by atoms with E-state index in [-0.39, 0.29) is 0 Å². The Morgan fingerprint density at radius 3 is 2.35 bits per heavy atom. The van der Waals surface area contributed by atoms with Gasteiger partial charge in [0.25, 0.3) is 10.1 Å². The molecule has 1 atom stereocenters. The van der Waals surface area contributed by atoms with Crippen LogP contribution in [0.2, 0.25) is 0 Å². The van der Waals surface area contributed by atoms with Crippen molar-refractivity contribution in [1.82, 2.24) is 0 Å². The van der Waals surface area contributed by atoms with Crippen molar-refractivity contribution >= 4 is 22.0 Å². The predicted octanol–water partition coefficient (Wildman–Crippen LogP) is 0.518. The summed E-state index contributed by atoms with van der Waals surface area (Å²) in [5.74, 6) is -0.862. The summed E-state index contributed by atoms with van der Waals surface area (Å²) < 4.78 is 30.2. The van der Waals surface area contributed by atoms with Crippen LogP contribution in [0.3, 0.4) is 0 Å². The van der Waals surface area contributed by atoms with Crippen LogP contribution in [0.25, 0.3) is 6.08 Å². The lowest BCUT2D eigenvalue weighted by Crippen LogP contribution is -2.32. The second kappa shape index (κ2) is 5.72. The molecule has 1 unspecified atom stereocenters. The van der Waals surface area contributed by atoms with Crippen molar-refractivity contribution < 1.29 is 22.9 Å². The third-order valence-electron chi connectivity index (χ3n) is 2.08. The van der Waals surface area contributed by atoms with Crippen molar-refractivity contribution in [3.63, 3.8) is 0 Å². The Bertz CT molecular complexity index is 504. The van der Waals surface area contributed by atoms with E-state index >= 15 is 0 Å². The van der Waals surface area contributed by atoms with Gasteiger partial charge >= 0.3 is 0 Å². The zero-order chi connectivity index (χ0) is 12.9. The minimum absolute atomic E-state index is 0.716. The van der Waals surface area contributed by atoms with E-state index < -0.39 is 27.8 Å². The maximum atomic E-state index is 11.4. The van der Waals surface area contributed by atoms with Gasteiger partial charge in [0.2, 0.25) is 0 Å². The van der Waals surface area contributed by atoms with Crippen molar-refractivity contribution in [3.05, 3.63) is 42.0 Å². The first-order valence-corrected chi connectivity index (χ1v) is 6.29. The number of benzene rings is 1. The van der Waals surface area contributed by atoms with Gasteiger partial charge in [0.05, 0.1) is 6.61 Å². The Kier molecular flexibility index (Phi) is 4.56. The molecule has 0 saturated carbocycles. The summed E-state index contributed by atoms with van der Waals surface area (Å²) in [5, 5.41) is 6.92. The van der Waals surface area contributed by atoms with Crippen LogP contribution in [0.1, 0.15) is 5.56 Å². The molecule has 0 spiro atoms. The van der Waals surface area contributed by atoms with Gasteiger partial charge in [-0.15, -0.1) is 0 Å². The molecule has 1 rings (SSSR count). The lowest BCUT2D eigenvalue weighted by atomic mass is 10.2. The SMILES string of the molecule is O=C(C=Cc1ccccc1)C(CO)S(=O)(=O)O. The molecule has 0 radical (unpaired) electrons. The van der Waals surface area contributed by atoms with Gasteiger partial charge in [-0.1, -0.05) is 36.4 Å². The average Bonchev–Trinajstić information content (AvgIpc) is 2.27. The van der Waals surface area contributed by atoms with Crippen molar-refractivity contribution in [2.24, 2.45) is 0 Å². The van der Waals surface area contributed by atoms with Gasteiger partial charge in [-0.25, -0.2) is 0 Å². The maximum Gasteiger partial charge on any atom is 0.277 e. The number of allylic oxidation sites excluding steroid dienone is 1. The Morgan fingerprint density at radius 2 is 1.88 bits per heavy atom. The molecule has 92 valence electrons. The van der Waals surface area contributed by atoms with Crippen molar-refractivity contribution in [2.45, 2.75) is 5.25 Å². The number of carbonyl (C=O) groups excluding carboxylic acids is 1. The standard InChI is InChI=1S/C11H12O5S/c12-8-11(17(14,15)16)10(13)7-6-9-4-2-1-3-5-9/h1-7,11-12H,8H2,(H,14,15,16). The lowest BCUT2D eigenvalue weighted by Gasteiger charge is -2.05. The van der Waals surface area contributed by atoms with Crippen molar-refractivity contribution in [3.8, 4) is 0 Å². The first kappa shape index (κ1) is 13.6. The van der Waals surface area contributed by atoms with Gasteiger partial charge in [0.15, 0.2) is 11.0 Å². The first-order valence-electron chi connectivity index (χ1n) is 4.79. The van der Waals surface area contributed by atoms with Crippen LogP contribution in [-0.2, 0) is 14.9 Å². The minimum Gasteiger partial charge on any atom is -0.394 e. The molecule has 0 aliphatic heterocycles. The van der Waals surface area contributed by atoms with Crippen LogP contribution in [0.15, 0.2) is 36.4 Å². The van der Waals surface area contributed by atoms with Gasteiger partial charge in [0.1, 0.15) is 0 Å². The average molecular weight is 256 g/mol. The highest BCUT2D eigenvalue weighted by atomic mass is 32.2.